The summed E-state index contributed by atoms with van der Waals surface area (Å²) in [4.78, 5) is 57.5. The number of carbonyl (C=O) groups excluding carboxylic acids is 4. The topological polar surface area (TPSA) is 143 Å². The second-order valence-electron chi connectivity index (χ2n) is 10.9. The van der Waals surface area contributed by atoms with Crippen molar-refractivity contribution in [3.63, 3.8) is 0 Å². The number of benzene rings is 2. The Morgan fingerprint density at radius 2 is 1.74 bits per heavy atom. The van der Waals surface area contributed by atoms with Gasteiger partial charge in [-0.3, -0.25) is 19.2 Å². The number of para-hydroxylation sites is 1. The lowest BCUT2D eigenvalue weighted by Crippen LogP contribution is -2.53. The van der Waals surface area contributed by atoms with E-state index in [9.17, 15) is 27.6 Å². The largest absolute Gasteiger partial charge is 0.457 e. The van der Waals surface area contributed by atoms with Crippen LogP contribution in [0.1, 0.15) is 43.5 Å². The molecule has 2 aromatic carbocycles. The molecule has 42 heavy (non-hydrogen) atoms. The Kier molecular flexibility index (Phi) is 8.37. The molecule has 3 heterocycles. The maximum atomic E-state index is 13.8. The smallest absolute Gasteiger partial charge is 0.264 e. The number of hydrogen-bond donors (Lipinski definition) is 1. The van der Waals surface area contributed by atoms with Crippen LogP contribution in [0.25, 0.3) is 0 Å². The molecule has 0 aromatic heterocycles. The van der Waals surface area contributed by atoms with Crippen molar-refractivity contribution in [2.75, 3.05) is 13.1 Å². The first-order valence-corrected chi connectivity index (χ1v) is 15.2. The average Bonchev–Trinajstić information content (AvgIpc) is 3.54. The van der Waals surface area contributed by atoms with Crippen LogP contribution in [0.5, 0.6) is 11.5 Å². The lowest BCUT2D eigenvalue weighted by atomic mass is 10.0. The number of ketones is 2. The molecular formula is C30H32N4O7S. The van der Waals surface area contributed by atoms with Crippen molar-refractivity contribution in [2.45, 2.75) is 51.2 Å². The predicted octanol–water partition coefficient (Wildman–Crippen LogP) is 2.69. The molecule has 3 unspecified atom stereocenters. The normalized spacial score (nSPS) is 21.3. The van der Waals surface area contributed by atoms with E-state index in [1.54, 1.807) is 24.3 Å². The van der Waals surface area contributed by atoms with Crippen LogP contribution in [0.3, 0.4) is 0 Å². The number of carbonyl (C=O) groups is 4. The molecule has 2 saturated heterocycles. The molecule has 1 N–H and O–H groups in total. The number of aliphatic imine (C=N–C) groups is 1. The number of Topliss-reactive ketones (excluding diaryl/α,β-unsaturated/α-hetero) is 2. The summed E-state index contributed by atoms with van der Waals surface area (Å²) in [5.74, 6) is -0.735. The fourth-order valence-electron chi connectivity index (χ4n) is 5.54. The number of allylic oxidation sites excluding steroid dienone is 1. The third-order valence-electron chi connectivity index (χ3n) is 7.46. The lowest BCUT2D eigenvalue weighted by molar-refractivity contribution is -0.138. The zero-order valence-corrected chi connectivity index (χ0v) is 24.1. The van der Waals surface area contributed by atoms with Crippen LogP contribution >= 0.6 is 0 Å². The van der Waals surface area contributed by atoms with E-state index in [1.807, 2.05) is 44.2 Å². The number of amides is 2. The van der Waals surface area contributed by atoms with Crippen LogP contribution in [0.4, 0.5) is 0 Å². The van der Waals surface area contributed by atoms with Crippen molar-refractivity contribution in [3.8, 4) is 11.5 Å². The molecule has 0 bridgehead atoms. The van der Waals surface area contributed by atoms with Crippen molar-refractivity contribution < 1.29 is 32.3 Å². The Bertz CT molecular complexity index is 1550. The van der Waals surface area contributed by atoms with Crippen LogP contribution in [-0.2, 0) is 24.4 Å². The van der Waals surface area contributed by atoms with Gasteiger partial charge in [-0.1, -0.05) is 38.1 Å². The van der Waals surface area contributed by atoms with Crippen molar-refractivity contribution in [1.29, 1.82) is 0 Å². The third-order valence-corrected chi connectivity index (χ3v) is 9.30. The number of nitrogens with one attached hydrogen (secondary N) is 1. The zero-order valence-electron chi connectivity index (χ0n) is 23.3. The van der Waals surface area contributed by atoms with Gasteiger partial charge in [0.05, 0.1) is 12.6 Å². The van der Waals surface area contributed by atoms with Gasteiger partial charge in [0.25, 0.3) is 15.9 Å². The van der Waals surface area contributed by atoms with E-state index in [4.69, 9.17) is 4.74 Å². The van der Waals surface area contributed by atoms with Crippen molar-refractivity contribution in [1.82, 2.24) is 14.5 Å². The molecular weight excluding hydrogens is 560 g/mol. The Balaban J connectivity index is 1.30. The summed E-state index contributed by atoms with van der Waals surface area (Å²) >= 11 is 0. The molecule has 2 fully saturated rings. The Hall–Kier alpha value is -4.16. The molecule has 3 atom stereocenters. The third kappa shape index (κ3) is 5.90. The minimum atomic E-state index is -4.32. The van der Waals surface area contributed by atoms with Gasteiger partial charge in [0.2, 0.25) is 11.0 Å². The SMILES string of the molecule is CC(C)CC(NC(=O)c1ccc(Oc2ccccc2)cc1)C(=O)N1CCC2C1C(=O)CN2S(=O)(=O)C1=NC=CCC1=O. The average molecular weight is 593 g/mol. The molecule has 0 spiro atoms. The van der Waals surface area contributed by atoms with Crippen molar-refractivity contribution in [2.24, 2.45) is 10.9 Å². The molecule has 3 aliphatic heterocycles. The van der Waals surface area contributed by atoms with Gasteiger partial charge in [0.15, 0.2) is 11.6 Å². The maximum absolute atomic E-state index is 13.8. The van der Waals surface area contributed by atoms with Crippen LogP contribution in [0, 0.1) is 5.92 Å². The standard InChI is InChI=1S/C30H32N4O7S/c1-19(2)17-23(32-28(37)20-10-12-22(13-11-20)41-21-7-4-3-5-8-21)30(38)33-16-14-24-27(33)26(36)18-34(24)42(39,40)29-25(35)9-6-15-31-29/h3-8,10-13,15,19,23-24,27H,9,14,16-18H2,1-2H3,(H,32,37). The fourth-order valence-corrected chi connectivity index (χ4v) is 7.20. The number of sulfonamides is 1. The Morgan fingerprint density at radius 3 is 2.40 bits per heavy atom. The van der Waals surface area contributed by atoms with Gasteiger partial charge >= 0.3 is 0 Å². The lowest BCUT2D eigenvalue weighted by Gasteiger charge is -2.29. The van der Waals surface area contributed by atoms with Gasteiger partial charge < -0.3 is 15.0 Å². The summed E-state index contributed by atoms with van der Waals surface area (Å²) < 4.78 is 33.4. The Labute approximate surface area is 244 Å². The predicted molar refractivity (Wildman–Crippen MR) is 154 cm³/mol. The van der Waals surface area contributed by atoms with Gasteiger partial charge in [-0.25, -0.2) is 13.4 Å². The number of fused-ring (bicyclic) bond motifs is 1. The minimum absolute atomic E-state index is 0.0406. The van der Waals surface area contributed by atoms with E-state index < -0.39 is 63.1 Å². The molecule has 12 heteroatoms. The van der Waals surface area contributed by atoms with Gasteiger partial charge in [-0.15, -0.1) is 0 Å². The Morgan fingerprint density at radius 1 is 1.05 bits per heavy atom. The second kappa shape index (κ2) is 12.0. The van der Waals surface area contributed by atoms with Crippen molar-refractivity contribution in [3.05, 3.63) is 72.4 Å². The zero-order chi connectivity index (χ0) is 30.0. The van der Waals surface area contributed by atoms with Crippen LogP contribution in [0.15, 0.2) is 71.9 Å². The fraction of sp³-hybridized carbons (Fsp3) is 0.367. The monoisotopic (exact) mass is 592 g/mol. The number of ether oxygens (including phenoxy) is 1. The highest BCUT2D eigenvalue weighted by molar-refractivity contribution is 8.06. The summed E-state index contributed by atoms with van der Waals surface area (Å²) in [6.07, 6.45) is 3.19. The van der Waals surface area contributed by atoms with Crippen LogP contribution < -0.4 is 10.1 Å². The molecule has 3 aliphatic rings. The number of likely N-dealkylation sites (tertiary alicyclic amines) is 1. The molecule has 2 amide bonds. The van der Waals surface area contributed by atoms with E-state index in [-0.39, 0.29) is 25.3 Å². The van der Waals surface area contributed by atoms with Gasteiger partial charge in [0.1, 0.15) is 23.6 Å². The second-order valence-corrected chi connectivity index (χ2v) is 12.7. The van der Waals surface area contributed by atoms with Gasteiger partial charge in [-0.05, 0) is 55.2 Å². The molecule has 2 aromatic rings. The summed E-state index contributed by atoms with van der Waals surface area (Å²) in [5, 5.41) is 2.23. The summed E-state index contributed by atoms with van der Waals surface area (Å²) in [6.45, 7) is 3.53. The molecule has 0 saturated carbocycles. The number of rotatable bonds is 8. The van der Waals surface area contributed by atoms with Crippen LogP contribution in [0.2, 0.25) is 0 Å². The first-order valence-electron chi connectivity index (χ1n) is 13.8. The molecule has 5 rings (SSSR count). The first kappa shape index (κ1) is 29.3. The quantitative estimate of drug-likeness (QED) is 0.497. The van der Waals surface area contributed by atoms with E-state index >= 15 is 0 Å². The number of hydrogen-bond acceptors (Lipinski definition) is 8. The van der Waals surface area contributed by atoms with Gasteiger partial charge in [0, 0.05) is 24.7 Å². The molecule has 0 aliphatic carbocycles. The first-order chi connectivity index (χ1) is 20.1. The maximum Gasteiger partial charge on any atom is 0.264 e. The van der Waals surface area contributed by atoms with E-state index in [2.05, 4.69) is 10.3 Å². The highest BCUT2D eigenvalue weighted by Crippen LogP contribution is 2.33. The summed E-state index contributed by atoms with van der Waals surface area (Å²) in [5.41, 5.74) is 0.331. The van der Waals surface area contributed by atoms with Crippen molar-refractivity contribution >= 4 is 38.4 Å². The number of nitrogens with zero attached hydrogens (tertiary/aromatic N) is 3. The minimum Gasteiger partial charge on any atom is -0.457 e. The highest BCUT2D eigenvalue weighted by Gasteiger charge is 2.55. The van der Waals surface area contributed by atoms with E-state index in [1.165, 1.54) is 17.2 Å². The molecule has 11 nitrogen and oxygen atoms in total. The molecule has 0 radical (unpaired) electrons. The molecule has 220 valence electrons. The van der Waals surface area contributed by atoms with E-state index in [0.717, 1.165) is 4.31 Å². The highest BCUT2D eigenvalue weighted by atomic mass is 32.2. The summed E-state index contributed by atoms with van der Waals surface area (Å²) in [7, 11) is -4.32. The van der Waals surface area contributed by atoms with Gasteiger partial charge in [-0.2, -0.15) is 4.31 Å². The van der Waals surface area contributed by atoms with E-state index in [0.29, 0.717) is 23.5 Å². The van der Waals surface area contributed by atoms with Crippen LogP contribution in [-0.4, -0.2) is 77.3 Å². The summed E-state index contributed by atoms with van der Waals surface area (Å²) in [6, 6.07) is 13.0.